The van der Waals surface area contributed by atoms with Gasteiger partial charge in [0.05, 0.1) is 11.4 Å². The van der Waals surface area contributed by atoms with Gasteiger partial charge in [0, 0.05) is 35.3 Å². The molecule has 180 valence electrons. The maximum atomic E-state index is 5.17. The smallest absolute Gasteiger partial charge is 0.0688 e. The Kier molecular flexibility index (Phi) is 8.46. The minimum absolute atomic E-state index is 0.0278. The van der Waals surface area contributed by atoms with Crippen molar-refractivity contribution in [2.24, 2.45) is 20.8 Å². The number of nitrogens with zero attached hydrogens (tertiary/aromatic N) is 2. The van der Waals surface area contributed by atoms with Crippen LogP contribution in [0.15, 0.2) is 34.3 Å². The van der Waals surface area contributed by atoms with Crippen molar-refractivity contribution < 1.29 is 0 Å². The van der Waals surface area contributed by atoms with Crippen LogP contribution in [-0.2, 0) is 0 Å². The Morgan fingerprint density at radius 3 is 1.09 bits per heavy atom. The Morgan fingerprint density at radius 2 is 0.848 bits per heavy atom. The highest BCUT2D eigenvalue weighted by atomic mass is 14.9. The first-order valence-electron chi connectivity index (χ1n) is 12.1. The summed E-state index contributed by atoms with van der Waals surface area (Å²) < 4.78 is 0. The van der Waals surface area contributed by atoms with E-state index in [4.69, 9.17) is 9.98 Å². The largest absolute Gasteiger partial charge is 0.306 e. The van der Waals surface area contributed by atoms with Crippen molar-refractivity contribution in [1.82, 2.24) is 5.32 Å². The number of hydrogen-bond donors (Lipinski definition) is 1. The van der Waals surface area contributed by atoms with Gasteiger partial charge in [0.2, 0.25) is 0 Å². The fraction of sp³-hybridized carbons (Fsp3) is 0.533. The summed E-state index contributed by atoms with van der Waals surface area (Å²) in [7, 11) is 0. The van der Waals surface area contributed by atoms with E-state index in [9.17, 15) is 0 Å². The zero-order valence-corrected chi connectivity index (χ0v) is 23.1. The lowest BCUT2D eigenvalue weighted by molar-refractivity contribution is 0.563. The van der Waals surface area contributed by atoms with Crippen LogP contribution in [0.5, 0.6) is 0 Å². The van der Waals surface area contributed by atoms with Crippen LogP contribution < -0.4 is 5.32 Å². The summed E-state index contributed by atoms with van der Waals surface area (Å²) in [6.45, 7) is 27.8. The molecule has 2 rings (SSSR count). The Morgan fingerprint density at radius 1 is 0.576 bits per heavy atom. The first kappa shape index (κ1) is 27.0. The average molecular weight is 448 g/mol. The van der Waals surface area contributed by atoms with Gasteiger partial charge in [-0.05, 0) is 63.8 Å². The molecule has 0 spiro atoms. The van der Waals surface area contributed by atoms with E-state index in [0.29, 0.717) is 0 Å². The lowest BCUT2D eigenvalue weighted by atomic mass is 9.88. The zero-order chi connectivity index (χ0) is 25.1. The van der Waals surface area contributed by atoms with Gasteiger partial charge < -0.3 is 5.32 Å². The minimum atomic E-state index is -0.0278. The fourth-order valence-electron chi connectivity index (χ4n) is 4.21. The summed E-state index contributed by atoms with van der Waals surface area (Å²) in [6.07, 6.45) is 0. The summed E-state index contributed by atoms with van der Waals surface area (Å²) >= 11 is 0. The molecule has 0 unspecified atom stereocenters. The van der Waals surface area contributed by atoms with Crippen LogP contribution in [0, 0.1) is 52.4 Å². The van der Waals surface area contributed by atoms with Crippen LogP contribution in [0.1, 0.15) is 74.9 Å². The number of nitrogens with one attached hydrogen (secondary N) is 1. The van der Waals surface area contributed by atoms with Gasteiger partial charge in [0.1, 0.15) is 0 Å². The normalized spacial score (nSPS) is 13.6. The van der Waals surface area contributed by atoms with Crippen molar-refractivity contribution >= 4 is 22.8 Å². The van der Waals surface area contributed by atoms with Gasteiger partial charge in [-0.3, -0.25) is 9.98 Å². The monoisotopic (exact) mass is 447 g/mol. The van der Waals surface area contributed by atoms with E-state index in [-0.39, 0.29) is 10.8 Å². The Labute approximate surface area is 202 Å². The molecule has 2 aromatic carbocycles. The number of aryl methyl sites for hydroxylation is 6. The van der Waals surface area contributed by atoms with Gasteiger partial charge >= 0.3 is 0 Å². The SMILES string of the molecule is Cc1cc(C)c(N=C(CNCC(=Nc2c(C)cc(C)cc2C)C(C)(C)C)C(C)(C)C)c(C)c1. The third kappa shape index (κ3) is 7.37. The highest BCUT2D eigenvalue weighted by Crippen LogP contribution is 2.30. The van der Waals surface area contributed by atoms with Crippen molar-refractivity contribution in [2.75, 3.05) is 13.1 Å². The quantitative estimate of drug-likeness (QED) is 0.447. The molecule has 0 bridgehead atoms. The van der Waals surface area contributed by atoms with E-state index in [1.807, 2.05) is 0 Å². The van der Waals surface area contributed by atoms with Gasteiger partial charge in [0.15, 0.2) is 0 Å². The predicted octanol–water partition coefficient (Wildman–Crippen LogP) is 8.06. The predicted molar refractivity (Wildman–Crippen MR) is 147 cm³/mol. The number of rotatable bonds is 6. The summed E-state index contributed by atoms with van der Waals surface area (Å²) in [5.74, 6) is 0. The van der Waals surface area contributed by atoms with Gasteiger partial charge in [-0.1, -0.05) is 76.9 Å². The Balaban J connectivity index is 2.34. The fourth-order valence-corrected chi connectivity index (χ4v) is 4.21. The molecule has 0 radical (unpaired) electrons. The number of aliphatic imine (C=N–C) groups is 2. The summed E-state index contributed by atoms with van der Waals surface area (Å²) in [4.78, 5) is 10.3. The van der Waals surface area contributed by atoms with E-state index in [0.717, 1.165) is 35.9 Å². The van der Waals surface area contributed by atoms with E-state index < -0.39 is 0 Å². The molecule has 0 saturated heterocycles. The molecule has 1 N–H and O–H groups in total. The van der Waals surface area contributed by atoms with E-state index in [1.165, 1.54) is 33.4 Å². The van der Waals surface area contributed by atoms with Gasteiger partial charge in [0.25, 0.3) is 0 Å². The first-order valence-corrected chi connectivity index (χ1v) is 12.1. The topological polar surface area (TPSA) is 36.8 Å². The molecular weight excluding hydrogens is 402 g/mol. The lowest BCUT2D eigenvalue weighted by Crippen LogP contribution is -2.38. The van der Waals surface area contributed by atoms with Crippen molar-refractivity contribution in [1.29, 1.82) is 0 Å². The first-order chi connectivity index (χ1) is 15.1. The molecule has 2 aromatic rings. The van der Waals surface area contributed by atoms with Crippen LogP contribution in [0.4, 0.5) is 11.4 Å². The second-order valence-corrected chi connectivity index (χ2v) is 11.7. The Bertz CT molecular complexity index is 925. The molecule has 0 atom stereocenters. The summed E-state index contributed by atoms with van der Waals surface area (Å²) in [5.41, 5.74) is 12.0. The highest BCUT2D eigenvalue weighted by molar-refractivity contribution is 5.96. The molecule has 3 heteroatoms. The van der Waals surface area contributed by atoms with Gasteiger partial charge in [-0.2, -0.15) is 0 Å². The molecule has 0 heterocycles. The molecule has 0 aliphatic rings. The molecule has 0 fully saturated rings. The minimum Gasteiger partial charge on any atom is -0.306 e. The van der Waals surface area contributed by atoms with Crippen LogP contribution in [0.25, 0.3) is 0 Å². The van der Waals surface area contributed by atoms with Crippen molar-refractivity contribution in [3.63, 3.8) is 0 Å². The van der Waals surface area contributed by atoms with Gasteiger partial charge in [-0.25, -0.2) is 0 Å². The maximum absolute atomic E-state index is 5.17. The molecular formula is C30H45N3. The maximum Gasteiger partial charge on any atom is 0.0688 e. The Hall–Kier alpha value is -2.26. The summed E-state index contributed by atoms with van der Waals surface area (Å²) in [5, 5.41) is 3.68. The molecule has 0 aromatic heterocycles. The van der Waals surface area contributed by atoms with Crippen LogP contribution in [0.2, 0.25) is 0 Å². The van der Waals surface area contributed by atoms with Crippen LogP contribution in [0.3, 0.4) is 0 Å². The zero-order valence-electron chi connectivity index (χ0n) is 23.1. The van der Waals surface area contributed by atoms with E-state index in [2.05, 4.69) is 113 Å². The van der Waals surface area contributed by atoms with Crippen molar-refractivity contribution in [2.45, 2.75) is 83.1 Å². The second-order valence-electron chi connectivity index (χ2n) is 11.7. The average Bonchev–Trinajstić information content (AvgIpc) is 2.61. The molecule has 0 saturated carbocycles. The standard InChI is InChI=1S/C30H45N3/c1-19-13-21(3)27(22(4)14-19)32-25(29(7,8)9)17-31-18-26(30(10,11)12)33-28-23(5)15-20(2)16-24(28)6/h13-16,31H,17-18H2,1-12H3. The molecule has 3 nitrogen and oxygen atoms in total. The van der Waals surface area contributed by atoms with E-state index in [1.54, 1.807) is 0 Å². The van der Waals surface area contributed by atoms with Crippen LogP contribution in [-0.4, -0.2) is 24.5 Å². The van der Waals surface area contributed by atoms with Crippen molar-refractivity contribution in [3.05, 3.63) is 57.6 Å². The third-order valence-corrected chi connectivity index (χ3v) is 6.08. The lowest BCUT2D eigenvalue weighted by Gasteiger charge is -2.26. The van der Waals surface area contributed by atoms with Crippen molar-refractivity contribution in [3.8, 4) is 0 Å². The summed E-state index contributed by atoms with van der Waals surface area (Å²) in [6, 6.07) is 8.87. The van der Waals surface area contributed by atoms with Gasteiger partial charge in [-0.15, -0.1) is 0 Å². The second kappa shape index (κ2) is 10.3. The number of benzene rings is 2. The number of hydrogen-bond acceptors (Lipinski definition) is 3. The molecule has 0 aliphatic carbocycles. The van der Waals surface area contributed by atoms with Crippen LogP contribution >= 0.6 is 0 Å². The van der Waals surface area contributed by atoms with E-state index >= 15 is 0 Å². The highest BCUT2D eigenvalue weighted by Gasteiger charge is 2.23. The molecule has 0 amide bonds. The molecule has 0 aliphatic heterocycles. The third-order valence-electron chi connectivity index (χ3n) is 6.08. The molecule has 33 heavy (non-hydrogen) atoms.